The van der Waals surface area contributed by atoms with Gasteiger partial charge in [0.15, 0.2) is 0 Å². The number of hydrogen-bond acceptors (Lipinski definition) is 3. The first-order chi connectivity index (χ1) is 7.65. The second-order valence-corrected chi connectivity index (χ2v) is 4.82. The van der Waals surface area contributed by atoms with Crippen molar-refractivity contribution in [1.29, 1.82) is 0 Å². The van der Waals surface area contributed by atoms with Crippen LogP contribution < -0.4 is 11.1 Å². The molecule has 1 aliphatic heterocycles. The second-order valence-electron chi connectivity index (χ2n) is 4.82. The molecule has 0 aliphatic carbocycles. The Kier molecular flexibility index (Phi) is 3.34. The zero-order valence-corrected chi connectivity index (χ0v) is 10.1. The van der Waals surface area contributed by atoms with Crippen LogP contribution in [0.3, 0.4) is 0 Å². The largest absolute Gasteiger partial charge is 0.399 e. The predicted molar refractivity (Wildman–Crippen MR) is 69.6 cm³/mol. The van der Waals surface area contributed by atoms with Gasteiger partial charge in [-0.2, -0.15) is 0 Å². The van der Waals surface area contributed by atoms with E-state index in [1.165, 1.54) is 25.1 Å². The van der Waals surface area contributed by atoms with E-state index >= 15 is 0 Å². The van der Waals surface area contributed by atoms with E-state index in [9.17, 15) is 0 Å². The molecule has 0 spiro atoms. The lowest BCUT2D eigenvalue weighted by Gasteiger charge is -2.35. The molecule has 0 aromatic heterocycles. The summed E-state index contributed by atoms with van der Waals surface area (Å²) in [6.45, 7) is 3.46. The number of nitrogens with two attached hydrogens (primary N) is 1. The van der Waals surface area contributed by atoms with Gasteiger partial charge in [-0.05, 0) is 51.1 Å². The zero-order valence-electron chi connectivity index (χ0n) is 10.1. The summed E-state index contributed by atoms with van der Waals surface area (Å²) in [6, 6.07) is 9.26. The van der Waals surface area contributed by atoms with Crippen LogP contribution >= 0.6 is 0 Å². The first-order valence-electron chi connectivity index (χ1n) is 5.97. The monoisotopic (exact) mass is 219 g/mol. The summed E-state index contributed by atoms with van der Waals surface area (Å²) >= 11 is 0. The lowest BCUT2D eigenvalue weighted by Crippen LogP contribution is -2.42. The summed E-state index contributed by atoms with van der Waals surface area (Å²) in [5.74, 6) is 0. The van der Waals surface area contributed by atoms with Gasteiger partial charge in [-0.25, -0.2) is 0 Å². The zero-order chi connectivity index (χ0) is 11.5. The first-order valence-corrected chi connectivity index (χ1v) is 5.97. The van der Waals surface area contributed by atoms with Crippen LogP contribution in [0.1, 0.15) is 19.8 Å². The fraction of sp³-hybridized carbons (Fsp3) is 0.538. The third-order valence-electron chi connectivity index (χ3n) is 3.49. The van der Waals surface area contributed by atoms with Crippen molar-refractivity contribution >= 4 is 11.4 Å². The summed E-state index contributed by atoms with van der Waals surface area (Å²) in [5.41, 5.74) is 7.66. The molecule has 0 radical (unpaired) electrons. The molecule has 16 heavy (non-hydrogen) atoms. The molecule has 2 unspecified atom stereocenters. The van der Waals surface area contributed by atoms with Crippen molar-refractivity contribution in [3.05, 3.63) is 24.3 Å². The highest BCUT2D eigenvalue weighted by Gasteiger charge is 2.22. The number of nitrogen functional groups attached to an aromatic ring is 1. The SMILES string of the molecule is CC1CC(Nc2ccc(N)cc2)CCN1C. The maximum absolute atomic E-state index is 5.67. The molecule has 2 rings (SSSR count). The molecule has 0 bridgehead atoms. The molecular formula is C13H21N3. The predicted octanol–water partition coefficient (Wildman–Crippen LogP) is 2.16. The van der Waals surface area contributed by atoms with E-state index in [1.54, 1.807) is 0 Å². The van der Waals surface area contributed by atoms with E-state index in [2.05, 4.69) is 36.3 Å². The number of anilines is 2. The van der Waals surface area contributed by atoms with Crippen molar-refractivity contribution in [3.8, 4) is 0 Å². The van der Waals surface area contributed by atoms with E-state index in [1.807, 2.05) is 12.1 Å². The van der Waals surface area contributed by atoms with Gasteiger partial charge in [-0.15, -0.1) is 0 Å². The Labute approximate surface area is 97.6 Å². The fourth-order valence-electron chi connectivity index (χ4n) is 2.24. The minimum Gasteiger partial charge on any atom is -0.399 e. The molecule has 1 aromatic rings. The Hall–Kier alpha value is -1.22. The average Bonchev–Trinajstić information content (AvgIpc) is 2.27. The molecule has 3 heteroatoms. The molecule has 3 nitrogen and oxygen atoms in total. The highest BCUT2D eigenvalue weighted by Crippen LogP contribution is 2.20. The third kappa shape index (κ3) is 2.67. The standard InChI is InChI=1S/C13H21N3/c1-10-9-13(7-8-16(10)2)15-12-5-3-11(14)4-6-12/h3-6,10,13,15H,7-9,14H2,1-2H3. The lowest BCUT2D eigenvalue weighted by molar-refractivity contribution is 0.190. The summed E-state index contributed by atoms with van der Waals surface area (Å²) in [7, 11) is 2.20. The van der Waals surface area contributed by atoms with Crippen LogP contribution in [0.4, 0.5) is 11.4 Å². The molecule has 1 aliphatic rings. The summed E-state index contributed by atoms with van der Waals surface area (Å²) in [5, 5.41) is 3.58. The highest BCUT2D eigenvalue weighted by molar-refractivity contribution is 5.51. The van der Waals surface area contributed by atoms with E-state index in [0.717, 1.165) is 5.69 Å². The topological polar surface area (TPSA) is 41.3 Å². The number of rotatable bonds is 2. The number of nitrogens with one attached hydrogen (secondary N) is 1. The Morgan fingerprint density at radius 3 is 2.62 bits per heavy atom. The van der Waals surface area contributed by atoms with Crippen LogP contribution in [0.2, 0.25) is 0 Å². The maximum Gasteiger partial charge on any atom is 0.0343 e. The van der Waals surface area contributed by atoms with Crippen LogP contribution in [-0.4, -0.2) is 30.6 Å². The smallest absolute Gasteiger partial charge is 0.0343 e. The van der Waals surface area contributed by atoms with Gasteiger partial charge in [-0.1, -0.05) is 0 Å². The molecule has 1 aromatic carbocycles. The Morgan fingerprint density at radius 1 is 1.31 bits per heavy atom. The molecule has 1 heterocycles. The Morgan fingerprint density at radius 2 is 2.00 bits per heavy atom. The lowest BCUT2D eigenvalue weighted by atomic mass is 9.99. The second kappa shape index (κ2) is 4.74. The number of nitrogens with zero attached hydrogens (tertiary/aromatic N) is 1. The van der Waals surface area contributed by atoms with E-state index in [-0.39, 0.29) is 0 Å². The maximum atomic E-state index is 5.67. The molecule has 0 amide bonds. The summed E-state index contributed by atoms with van der Waals surface area (Å²) in [6.07, 6.45) is 2.42. The Balaban J connectivity index is 1.93. The van der Waals surface area contributed by atoms with Crippen LogP contribution in [-0.2, 0) is 0 Å². The quantitative estimate of drug-likeness (QED) is 0.749. The van der Waals surface area contributed by atoms with Crippen molar-refractivity contribution < 1.29 is 0 Å². The van der Waals surface area contributed by atoms with Gasteiger partial charge in [0.1, 0.15) is 0 Å². The average molecular weight is 219 g/mol. The van der Waals surface area contributed by atoms with Crippen molar-refractivity contribution in [2.24, 2.45) is 0 Å². The van der Waals surface area contributed by atoms with E-state index in [0.29, 0.717) is 12.1 Å². The van der Waals surface area contributed by atoms with E-state index in [4.69, 9.17) is 5.73 Å². The van der Waals surface area contributed by atoms with Gasteiger partial charge in [0.05, 0.1) is 0 Å². The van der Waals surface area contributed by atoms with Crippen molar-refractivity contribution in [2.45, 2.75) is 31.8 Å². The van der Waals surface area contributed by atoms with Crippen LogP contribution in [0.25, 0.3) is 0 Å². The van der Waals surface area contributed by atoms with Crippen LogP contribution in [0.15, 0.2) is 24.3 Å². The number of hydrogen-bond donors (Lipinski definition) is 2. The molecular weight excluding hydrogens is 198 g/mol. The van der Waals surface area contributed by atoms with Gasteiger partial charge >= 0.3 is 0 Å². The minimum absolute atomic E-state index is 0.592. The number of piperidine rings is 1. The normalized spacial score (nSPS) is 26.6. The van der Waals surface area contributed by atoms with Crippen molar-refractivity contribution in [3.63, 3.8) is 0 Å². The molecule has 3 N–H and O–H groups in total. The van der Waals surface area contributed by atoms with Crippen LogP contribution in [0.5, 0.6) is 0 Å². The van der Waals surface area contributed by atoms with Gasteiger partial charge in [-0.3, -0.25) is 0 Å². The van der Waals surface area contributed by atoms with Crippen molar-refractivity contribution in [1.82, 2.24) is 4.90 Å². The summed E-state index contributed by atoms with van der Waals surface area (Å²) < 4.78 is 0. The first kappa shape index (κ1) is 11.3. The van der Waals surface area contributed by atoms with E-state index < -0.39 is 0 Å². The molecule has 2 atom stereocenters. The molecule has 0 saturated carbocycles. The van der Waals surface area contributed by atoms with Gasteiger partial charge in [0.2, 0.25) is 0 Å². The number of benzene rings is 1. The molecule has 1 fully saturated rings. The minimum atomic E-state index is 0.592. The van der Waals surface area contributed by atoms with Gasteiger partial charge in [0, 0.05) is 30.0 Å². The van der Waals surface area contributed by atoms with Gasteiger partial charge < -0.3 is 16.0 Å². The third-order valence-corrected chi connectivity index (χ3v) is 3.49. The summed E-state index contributed by atoms with van der Waals surface area (Å²) in [4.78, 5) is 2.42. The van der Waals surface area contributed by atoms with Crippen LogP contribution in [0, 0.1) is 0 Å². The highest BCUT2D eigenvalue weighted by atomic mass is 15.1. The fourth-order valence-corrected chi connectivity index (χ4v) is 2.24. The number of likely N-dealkylation sites (tertiary alicyclic amines) is 1. The molecule has 88 valence electrons. The van der Waals surface area contributed by atoms with Crippen molar-refractivity contribution in [2.75, 3.05) is 24.6 Å². The molecule has 1 saturated heterocycles. The van der Waals surface area contributed by atoms with Gasteiger partial charge in [0.25, 0.3) is 0 Å². The Bertz CT molecular complexity index is 334.